The molecule has 2 aromatic carbocycles. The lowest BCUT2D eigenvalue weighted by atomic mass is 9.84. The standard InChI is InChI=1S/C29H34N4O2S/c1-16-9-12-22(13-17(16)2)33-29-24(27(34)32-21-7-5-4-6-8-21)25(30)26(36-29)28(35)31-18(3)23-15-19-10-11-20(23)14-19/h4-9,12-13,18-20,23,26H,10-11,14-15,30H2,1-3H3,(H,31,35)(H,32,34)/t18-,19+,20+,23+,26-/m1/s1. The highest BCUT2D eigenvalue weighted by molar-refractivity contribution is 8.16. The third kappa shape index (κ3) is 4.94. The van der Waals surface area contributed by atoms with Crippen LogP contribution in [0.4, 0.5) is 11.4 Å². The number of thioether (sulfide) groups is 1. The molecule has 0 saturated heterocycles. The summed E-state index contributed by atoms with van der Waals surface area (Å²) < 4.78 is 0. The van der Waals surface area contributed by atoms with Crippen LogP contribution in [-0.4, -0.2) is 28.1 Å². The van der Waals surface area contributed by atoms with Gasteiger partial charge < -0.3 is 16.4 Å². The normalized spacial score (nSPS) is 26.9. The molecule has 2 fully saturated rings. The van der Waals surface area contributed by atoms with E-state index < -0.39 is 5.25 Å². The largest absolute Gasteiger partial charge is 0.400 e. The first-order valence-electron chi connectivity index (χ1n) is 12.8. The molecule has 2 bridgehead atoms. The van der Waals surface area contributed by atoms with Gasteiger partial charge in [-0.1, -0.05) is 42.4 Å². The Labute approximate surface area is 217 Å². The summed E-state index contributed by atoms with van der Waals surface area (Å²) in [6, 6.07) is 15.2. The van der Waals surface area contributed by atoms with Crippen molar-refractivity contribution < 1.29 is 9.59 Å². The second-order valence-corrected chi connectivity index (χ2v) is 11.6. The summed E-state index contributed by atoms with van der Waals surface area (Å²) in [5, 5.41) is 5.92. The van der Waals surface area contributed by atoms with Gasteiger partial charge >= 0.3 is 0 Å². The summed E-state index contributed by atoms with van der Waals surface area (Å²) in [5.74, 6) is 1.54. The van der Waals surface area contributed by atoms with E-state index in [0.717, 1.165) is 17.2 Å². The molecule has 0 radical (unpaired) electrons. The van der Waals surface area contributed by atoms with E-state index in [1.54, 1.807) is 0 Å². The minimum atomic E-state index is -0.687. The first-order chi connectivity index (χ1) is 17.3. The summed E-state index contributed by atoms with van der Waals surface area (Å²) in [5.41, 5.74) is 10.7. The van der Waals surface area contributed by atoms with E-state index in [2.05, 4.69) is 17.6 Å². The van der Waals surface area contributed by atoms with Crippen molar-refractivity contribution in [2.24, 2.45) is 28.5 Å². The van der Waals surface area contributed by atoms with E-state index in [1.807, 2.05) is 62.4 Å². The molecule has 5 rings (SSSR count). The second kappa shape index (κ2) is 10.1. The predicted octanol–water partition coefficient (Wildman–Crippen LogP) is 5.24. The maximum absolute atomic E-state index is 13.4. The van der Waals surface area contributed by atoms with E-state index in [4.69, 9.17) is 10.7 Å². The number of nitrogens with zero attached hydrogens (tertiary/aromatic N) is 1. The molecular weight excluding hydrogens is 468 g/mol. The van der Waals surface area contributed by atoms with E-state index in [1.165, 1.54) is 43.0 Å². The summed E-state index contributed by atoms with van der Waals surface area (Å²) in [4.78, 5) is 31.6. The lowest BCUT2D eigenvalue weighted by Crippen LogP contribution is -2.44. The zero-order valence-corrected chi connectivity index (χ0v) is 21.9. The number of benzene rings is 2. The number of para-hydroxylation sites is 1. The molecule has 2 saturated carbocycles. The Balaban J connectivity index is 1.40. The zero-order valence-electron chi connectivity index (χ0n) is 21.1. The number of hydrogen-bond acceptors (Lipinski definition) is 5. The van der Waals surface area contributed by atoms with Crippen molar-refractivity contribution in [3.8, 4) is 0 Å². The topological polar surface area (TPSA) is 96.6 Å². The first kappa shape index (κ1) is 24.6. The summed E-state index contributed by atoms with van der Waals surface area (Å²) >= 11 is 1.26. The molecule has 1 heterocycles. The number of amides is 2. The molecular formula is C29H34N4O2S. The molecule has 4 N–H and O–H groups in total. The third-order valence-corrected chi connectivity index (χ3v) is 9.26. The van der Waals surface area contributed by atoms with Crippen LogP contribution < -0.4 is 16.4 Å². The summed E-state index contributed by atoms with van der Waals surface area (Å²) in [7, 11) is 0. The smallest absolute Gasteiger partial charge is 0.260 e. The van der Waals surface area contributed by atoms with Gasteiger partial charge in [0, 0.05) is 17.4 Å². The third-order valence-electron chi connectivity index (χ3n) is 8.04. The van der Waals surface area contributed by atoms with E-state index in [-0.39, 0.29) is 29.1 Å². The fraction of sp³-hybridized carbons (Fsp3) is 0.414. The average molecular weight is 503 g/mol. The minimum absolute atomic E-state index is 0.0866. The Kier molecular flexibility index (Phi) is 6.93. The number of anilines is 1. The number of hydrogen-bond donors (Lipinski definition) is 3. The van der Waals surface area contributed by atoms with Gasteiger partial charge in [0.05, 0.1) is 11.3 Å². The van der Waals surface area contributed by atoms with Crippen LogP contribution in [0, 0.1) is 31.6 Å². The monoisotopic (exact) mass is 502 g/mol. The number of aliphatic imine (C=N–C) groups is 1. The van der Waals surface area contributed by atoms with Crippen molar-refractivity contribution >= 4 is 40.0 Å². The highest BCUT2D eigenvalue weighted by Gasteiger charge is 2.44. The molecule has 6 nitrogen and oxygen atoms in total. The molecule has 188 valence electrons. The first-order valence-corrected chi connectivity index (χ1v) is 13.7. The number of nitrogens with two attached hydrogens (primary N) is 1. The van der Waals surface area contributed by atoms with Crippen molar-refractivity contribution in [2.75, 3.05) is 5.32 Å². The van der Waals surface area contributed by atoms with Crippen LogP contribution in [0.15, 0.2) is 64.8 Å². The minimum Gasteiger partial charge on any atom is -0.400 e. The summed E-state index contributed by atoms with van der Waals surface area (Å²) in [6.07, 6.45) is 5.08. The fourth-order valence-corrected chi connectivity index (χ4v) is 7.06. The lowest BCUT2D eigenvalue weighted by molar-refractivity contribution is -0.121. The molecule has 3 aliphatic rings. The molecule has 0 spiro atoms. The van der Waals surface area contributed by atoms with Crippen molar-refractivity contribution in [1.82, 2.24) is 5.32 Å². The SMILES string of the molecule is Cc1ccc(N=C2S[C@@H](C(=O)N[C@H](C)[C@@H]3C[C@H]4CC[C@H]3C4)C(N)=C2C(=O)Nc2ccccc2)cc1C. The summed E-state index contributed by atoms with van der Waals surface area (Å²) in [6.45, 7) is 6.18. The van der Waals surface area contributed by atoms with Crippen molar-refractivity contribution in [1.29, 1.82) is 0 Å². The van der Waals surface area contributed by atoms with Gasteiger partial charge in [-0.15, -0.1) is 0 Å². The molecule has 7 heteroatoms. The van der Waals surface area contributed by atoms with Crippen LogP contribution in [0.3, 0.4) is 0 Å². The Morgan fingerprint density at radius 2 is 1.83 bits per heavy atom. The Morgan fingerprint density at radius 3 is 2.50 bits per heavy atom. The Morgan fingerprint density at radius 1 is 1.06 bits per heavy atom. The molecule has 0 aromatic heterocycles. The van der Waals surface area contributed by atoms with Gasteiger partial charge in [-0.25, -0.2) is 4.99 Å². The highest BCUT2D eigenvalue weighted by atomic mass is 32.2. The van der Waals surface area contributed by atoms with Crippen molar-refractivity contribution in [3.05, 3.63) is 70.9 Å². The number of aryl methyl sites for hydroxylation is 2. The molecule has 5 atom stereocenters. The van der Waals surface area contributed by atoms with Crippen LogP contribution in [-0.2, 0) is 9.59 Å². The van der Waals surface area contributed by atoms with E-state index >= 15 is 0 Å². The molecule has 36 heavy (non-hydrogen) atoms. The second-order valence-electron chi connectivity index (χ2n) is 10.5. The van der Waals surface area contributed by atoms with Crippen molar-refractivity contribution in [2.45, 2.75) is 57.7 Å². The van der Waals surface area contributed by atoms with Gasteiger partial charge in [-0.05, 0) is 93.2 Å². The van der Waals surface area contributed by atoms with Crippen LogP contribution >= 0.6 is 11.8 Å². The van der Waals surface area contributed by atoms with Crippen LogP contribution in [0.1, 0.15) is 43.7 Å². The quantitative estimate of drug-likeness (QED) is 0.503. The fourth-order valence-electron chi connectivity index (χ4n) is 5.93. The van der Waals surface area contributed by atoms with Gasteiger partial charge in [-0.3, -0.25) is 9.59 Å². The van der Waals surface area contributed by atoms with Gasteiger partial charge in [0.25, 0.3) is 5.91 Å². The average Bonchev–Trinajstić information content (AvgIpc) is 3.57. The van der Waals surface area contributed by atoms with Crippen molar-refractivity contribution in [3.63, 3.8) is 0 Å². The Hall–Kier alpha value is -3.06. The Bertz CT molecular complexity index is 1240. The number of carbonyl (C=O) groups excluding carboxylic acids is 2. The number of carbonyl (C=O) groups is 2. The van der Waals surface area contributed by atoms with E-state index in [9.17, 15) is 9.59 Å². The number of rotatable bonds is 6. The van der Waals surface area contributed by atoms with Crippen LogP contribution in [0.2, 0.25) is 0 Å². The number of fused-ring (bicyclic) bond motifs is 2. The van der Waals surface area contributed by atoms with Gasteiger partial charge in [0.2, 0.25) is 5.91 Å². The van der Waals surface area contributed by atoms with Crippen LogP contribution in [0.5, 0.6) is 0 Å². The van der Waals surface area contributed by atoms with Crippen LogP contribution in [0.25, 0.3) is 0 Å². The molecule has 2 aliphatic carbocycles. The molecule has 2 amide bonds. The van der Waals surface area contributed by atoms with Gasteiger partial charge in [0.15, 0.2) is 0 Å². The zero-order chi connectivity index (χ0) is 25.4. The lowest BCUT2D eigenvalue weighted by Gasteiger charge is -2.29. The maximum Gasteiger partial charge on any atom is 0.260 e. The maximum atomic E-state index is 13.4. The molecule has 0 unspecified atom stereocenters. The molecule has 1 aliphatic heterocycles. The molecule has 2 aromatic rings. The van der Waals surface area contributed by atoms with Gasteiger partial charge in [0.1, 0.15) is 10.3 Å². The number of nitrogens with one attached hydrogen (secondary N) is 2. The van der Waals surface area contributed by atoms with E-state index in [0.29, 0.717) is 22.6 Å². The predicted molar refractivity (Wildman–Crippen MR) is 147 cm³/mol. The highest BCUT2D eigenvalue weighted by Crippen LogP contribution is 2.49. The van der Waals surface area contributed by atoms with Gasteiger partial charge in [-0.2, -0.15) is 0 Å².